The summed E-state index contributed by atoms with van der Waals surface area (Å²) >= 11 is 0. The Balaban J connectivity index is 1.94. The molecule has 2 aromatic rings. The molecular formula is C17H19FN2O2S. The first-order chi connectivity index (χ1) is 11.1. The van der Waals surface area contributed by atoms with Crippen molar-refractivity contribution in [1.82, 2.24) is 9.29 Å². The second-order valence-electron chi connectivity index (χ2n) is 5.80. The molecule has 122 valence electrons. The Kier molecular flexibility index (Phi) is 4.73. The third kappa shape index (κ3) is 3.59. The standard InChI is InChI=1S/C17H19FN2O2S/c18-15-5-7-17(8-6-15)23(21,22)20(16-3-1-2-4-16)13-14-9-11-19-12-10-14/h5-12,16H,1-4,13H2. The summed E-state index contributed by atoms with van der Waals surface area (Å²) in [5.74, 6) is -0.439. The molecule has 6 heteroatoms. The van der Waals surface area contributed by atoms with Crippen LogP contribution in [0.25, 0.3) is 0 Å². The highest BCUT2D eigenvalue weighted by Gasteiger charge is 2.33. The maximum atomic E-state index is 13.1. The highest BCUT2D eigenvalue weighted by Crippen LogP contribution is 2.30. The lowest BCUT2D eigenvalue weighted by Gasteiger charge is -2.28. The van der Waals surface area contributed by atoms with Crippen LogP contribution >= 0.6 is 0 Å². The smallest absolute Gasteiger partial charge is 0.243 e. The van der Waals surface area contributed by atoms with E-state index in [-0.39, 0.29) is 10.9 Å². The number of aromatic nitrogens is 1. The lowest BCUT2D eigenvalue weighted by Crippen LogP contribution is -2.38. The van der Waals surface area contributed by atoms with Gasteiger partial charge in [-0.3, -0.25) is 4.98 Å². The van der Waals surface area contributed by atoms with Gasteiger partial charge in [0, 0.05) is 25.0 Å². The number of rotatable bonds is 5. The van der Waals surface area contributed by atoms with Gasteiger partial charge in [0.1, 0.15) is 5.82 Å². The summed E-state index contributed by atoms with van der Waals surface area (Å²) in [5, 5.41) is 0. The van der Waals surface area contributed by atoms with Crippen LogP contribution in [0.2, 0.25) is 0 Å². The molecule has 0 amide bonds. The van der Waals surface area contributed by atoms with E-state index in [0.29, 0.717) is 6.54 Å². The molecule has 0 saturated heterocycles. The van der Waals surface area contributed by atoms with E-state index in [2.05, 4.69) is 4.98 Å². The molecule has 1 aliphatic rings. The van der Waals surface area contributed by atoms with Crippen LogP contribution in [0.1, 0.15) is 31.2 Å². The lowest BCUT2D eigenvalue weighted by atomic mass is 10.2. The minimum atomic E-state index is -3.65. The summed E-state index contributed by atoms with van der Waals surface area (Å²) in [6.45, 7) is 0.312. The zero-order valence-corrected chi connectivity index (χ0v) is 13.5. The molecule has 0 aliphatic heterocycles. The Morgan fingerprint density at radius 2 is 1.65 bits per heavy atom. The maximum absolute atomic E-state index is 13.1. The zero-order chi connectivity index (χ0) is 16.3. The van der Waals surface area contributed by atoms with Crippen molar-refractivity contribution < 1.29 is 12.8 Å². The van der Waals surface area contributed by atoms with Gasteiger partial charge in [-0.15, -0.1) is 0 Å². The van der Waals surface area contributed by atoms with Crippen LogP contribution in [0.15, 0.2) is 53.7 Å². The van der Waals surface area contributed by atoms with E-state index in [0.717, 1.165) is 31.2 Å². The average molecular weight is 334 g/mol. The van der Waals surface area contributed by atoms with Gasteiger partial charge in [-0.05, 0) is 54.8 Å². The molecule has 0 atom stereocenters. The molecule has 1 aromatic heterocycles. The first-order valence-corrected chi connectivity index (χ1v) is 9.18. The summed E-state index contributed by atoms with van der Waals surface area (Å²) in [6.07, 6.45) is 7.13. The second kappa shape index (κ2) is 6.76. The summed E-state index contributed by atoms with van der Waals surface area (Å²) in [7, 11) is -3.65. The molecule has 23 heavy (non-hydrogen) atoms. The molecule has 4 nitrogen and oxygen atoms in total. The quantitative estimate of drug-likeness (QED) is 0.842. The maximum Gasteiger partial charge on any atom is 0.243 e. The van der Waals surface area contributed by atoms with E-state index in [1.165, 1.54) is 24.3 Å². The minimum Gasteiger partial charge on any atom is -0.265 e. The number of pyridine rings is 1. The third-order valence-corrected chi connectivity index (χ3v) is 6.15. The fourth-order valence-electron chi connectivity index (χ4n) is 3.01. The van der Waals surface area contributed by atoms with E-state index in [4.69, 9.17) is 0 Å². The van der Waals surface area contributed by atoms with Crippen LogP contribution in [0.5, 0.6) is 0 Å². The Morgan fingerprint density at radius 1 is 1.04 bits per heavy atom. The molecule has 1 aromatic carbocycles. The SMILES string of the molecule is O=S(=O)(c1ccc(F)cc1)N(Cc1ccncc1)C1CCCC1. The predicted molar refractivity (Wildman–Crippen MR) is 85.6 cm³/mol. The van der Waals surface area contributed by atoms with Crippen molar-refractivity contribution in [3.05, 3.63) is 60.2 Å². The van der Waals surface area contributed by atoms with Crippen molar-refractivity contribution >= 4 is 10.0 Å². The average Bonchev–Trinajstić information content (AvgIpc) is 3.08. The largest absolute Gasteiger partial charge is 0.265 e. The number of sulfonamides is 1. The van der Waals surface area contributed by atoms with Gasteiger partial charge in [0.2, 0.25) is 10.0 Å². The highest BCUT2D eigenvalue weighted by molar-refractivity contribution is 7.89. The predicted octanol–water partition coefficient (Wildman–Crippen LogP) is 3.35. The van der Waals surface area contributed by atoms with Crippen LogP contribution in [0.4, 0.5) is 4.39 Å². The summed E-state index contributed by atoms with van der Waals surface area (Å²) in [4.78, 5) is 4.11. The van der Waals surface area contributed by atoms with Gasteiger partial charge in [-0.1, -0.05) is 12.8 Å². The zero-order valence-electron chi connectivity index (χ0n) is 12.7. The molecule has 1 aliphatic carbocycles. The fraction of sp³-hybridized carbons (Fsp3) is 0.353. The molecule has 0 bridgehead atoms. The van der Waals surface area contributed by atoms with Crippen molar-refractivity contribution in [1.29, 1.82) is 0 Å². The Morgan fingerprint density at radius 3 is 2.26 bits per heavy atom. The van der Waals surface area contributed by atoms with Crippen LogP contribution in [-0.2, 0) is 16.6 Å². The Bertz CT molecular complexity index is 742. The van der Waals surface area contributed by atoms with Gasteiger partial charge >= 0.3 is 0 Å². The molecule has 1 heterocycles. The molecule has 0 spiro atoms. The first kappa shape index (κ1) is 16.1. The van der Waals surface area contributed by atoms with Gasteiger partial charge in [0.25, 0.3) is 0 Å². The van der Waals surface area contributed by atoms with Gasteiger partial charge in [0.15, 0.2) is 0 Å². The molecule has 0 unspecified atom stereocenters. The molecule has 0 N–H and O–H groups in total. The van der Waals surface area contributed by atoms with Crippen LogP contribution in [0.3, 0.4) is 0 Å². The van der Waals surface area contributed by atoms with Gasteiger partial charge in [-0.25, -0.2) is 12.8 Å². The van der Waals surface area contributed by atoms with Crippen molar-refractivity contribution in [2.24, 2.45) is 0 Å². The third-order valence-electron chi connectivity index (χ3n) is 4.24. The number of nitrogens with zero attached hydrogens (tertiary/aromatic N) is 2. The van der Waals surface area contributed by atoms with E-state index < -0.39 is 15.8 Å². The van der Waals surface area contributed by atoms with Crippen molar-refractivity contribution in [3.63, 3.8) is 0 Å². The van der Waals surface area contributed by atoms with Crippen molar-refractivity contribution in [2.75, 3.05) is 0 Å². The molecular weight excluding hydrogens is 315 g/mol. The molecule has 3 rings (SSSR count). The van der Waals surface area contributed by atoms with Crippen LogP contribution < -0.4 is 0 Å². The van der Waals surface area contributed by atoms with Crippen LogP contribution in [0, 0.1) is 5.82 Å². The number of hydrogen-bond donors (Lipinski definition) is 0. The van der Waals surface area contributed by atoms with Crippen LogP contribution in [-0.4, -0.2) is 23.7 Å². The first-order valence-electron chi connectivity index (χ1n) is 7.74. The summed E-state index contributed by atoms with van der Waals surface area (Å²) in [5.41, 5.74) is 0.901. The minimum absolute atomic E-state index is 0.00165. The van der Waals surface area contributed by atoms with E-state index in [1.807, 2.05) is 12.1 Å². The van der Waals surface area contributed by atoms with Gasteiger partial charge in [-0.2, -0.15) is 4.31 Å². The molecule has 1 saturated carbocycles. The number of benzene rings is 1. The summed E-state index contributed by atoms with van der Waals surface area (Å²) < 4.78 is 40.7. The number of halogens is 1. The Labute approximate surface area is 136 Å². The highest BCUT2D eigenvalue weighted by atomic mass is 32.2. The second-order valence-corrected chi connectivity index (χ2v) is 7.69. The Hall–Kier alpha value is -1.79. The monoisotopic (exact) mass is 334 g/mol. The van der Waals surface area contributed by atoms with Crippen molar-refractivity contribution in [2.45, 2.75) is 43.2 Å². The van der Waals surface area contributed by atoms with E-state index in [1.54, 1.807) is 16.7 Å². The molecule has 0 radical (unpaired) electrons. The topological polar surface area (TPSA) is 50.3 Å². The summed E-state index contributed by atoms with van der Waals surface area (Å²) in [6, 6.07) is 8.68. The van der Waals surface area contributed by atoms with E-state index in [9.17, 15) is 12.8 Å². The number of hydrogen-bond acceptors (Lipinski definition) is 3. The molecule has 1 fully saturated rings. The lowest BCUT2D eigenvalue weighted by molar-refractivity contribution is 0.316. The van der Waals surface area contributed by atoms with Crippen molar-refractivity contribution in [3.8, 4) is 0 Å². The van der Waals surface area contributed by atoms with Gasteiger partial charge in [0.05, 0.1) is 4.90 Å². The normalized spacial score (nSPS) is 16.1. The van der Waals surface area contributed by atoms with E-state index >= 15 is 0 Å². The van der Waals surface area contributed by atoms with Gasteiger partial charge < -0.3 is 0 Å². The fourth-order valence-corrected chi connectivity index (χ4v) is 4.69.